The molecule has 0 unspecified atom stereocenters. The van der Waals surface area contributed by atoms with Crippen LogP contribution in [0.4, 0.5) is 0 Å². The lowest BCUT2D eigenvalue weighted by Gasteiger charge is -2.06. The van der Waals surface area contributed by atoms with Crippen LogP contribution in [0.5, 0.6) is 0 Å². The molecule has 1 rings (SSSR count). The second kappa shape index (κ2) is 8.26. The molecule has 18 heavy (non-hydrogen) atoms. The van der Waals surface area contributed by atoms with Crippen molar-refractivity contribution in [3.8, 4) is 0 Å². The minimum absolute atomic E-state index is 0.252. The Kier molecular flexibility index (Phi) is 6.97. The van der Waals surface area contributed by atoms with Gasteiger partial charge in [0, 0.05) is 31.2 Å². The van der Waals surface area contributed by atoms with Gasteiger partial charge in [-0.25, -0.2) is 13.4 Å². The number of aryl methyl sites for hydroxylation is 1. The third kappa shape index (κ3) is 6.76. The van der Waals surface area contributed by atoms with Crippen LogP contribution in [0.1, 0.15) is 26.2 Å². The van der Waals surface area contributed by atoms with Crippen LogP contribution >= 0.6 is 0 Å². The van der Waals surface area contributed by atoms with Crippen molar-refractivity contribution in [1.29, 1.82) is 0 Å². The Bertz CT molecular complexity index is 401. The topological polar surface area (TPSA) is 64.0 Å². The number of nitrogens with zero attached hydrogens (tertiary/aromatic N) is 2. The Morgan fingerprint density at radius 3 is 2.72 bits per heavy atom. The molecule has 6 heteroatoms. The molecule has 0 aliphatic carbocycles. The Hall–Kier alpha value is -0.880. The average molecular weight is 273 g/mol. The van der Waals surface area contributed by atoms with Crippen molar-refractivity contribution in [2.45, 2.75) is 32.7 Å². The first-order chi connectivity index (χ1) is 8.64. The maximum absolute atomic E-state index is 11.4. The molecule has 0 saturated heterocycles. The second-order valence-corrected chi connectivity index (χ2v) is 6.71. The van der Waals surface area contributed by atoms with Crippen molar-refractivity contribution in [2.75, 3.05) is 24.6 Å². The summed E-state index contributed by atoms with van der Waals surface area (Å²) in [5.74, 6) is 0.553. The second-order valence-electron chi connectivity index (χ2n) is 4.41. The molecule has 0 aliphatic heterocycles. The van der Waals surface area contributed by atoms with E-state index in [1.165, 1.54) is 0 Å². The first-order valence-corrected chi connectivity index (χ1v) is 8.33. The van der Waals surface area contributed by atoms with Gasteiger partial charge >= 0.3 is 0 Å². The summed E-state index contributed by atoms with van der Waals surface area (Å²) in [6, 6.07) is 0. The van der Waals surface area contributed by atoms with Gasteiger partial charge in [0.15, 0.2) is 9.84 Å². The number of rotatable bonds is 10. The van der Waals surface area contributed by atoms with Crippen LogP contribution in [0.3, 0.4) is 0 Å². The smallest absolute Gasteiger partial charge is 0.151 e. The zero-order chi connectivity index (χ0) is 13.3. The number of hydrogen-bond acceptors (Lipinski definition) is 4. The van der Waals surface area contributed by atoms with Crippen molar-refractivity contribution in [3.63, 3.8) is 0 Å². The van der Waals surface area contributed by atoms with Crippen LogP contribution in [-0.2, 0) is 16.4 Å². The minimum Gasteiger partial charge on any atom is -0.337 e. The van der Waals surface area contributed by atoms with Crippen molar-refractivity contribution < 1.29 is 8.42 Å². The highest BCUT2D eigenvalue weighted by atomic mass is 32.2. The zero-order valence-electron chi connectivity index (χ0n) is 11.0. The molecule has 1 heterocycles. The van der Waals surface area contributed by atoms with Crippen LogP contribution in [-0.4, -0.2) is 42.6 Å². The lowest BCUT2D eigenvalue weighted by Crippen LogP contribution is -2.25. The molecule has 1 aromatic heterocycles. The first kappa shape index (κ1) is 15.2. The van der Waals surface area contributed by atoms with Gasteiger partial charge < -0.3 is 9.88 Å². The number of sulfone groups is 1. The highest BCUT2D eigenvalue weighted by Crippen LogP contribution is 1.95. The molecule has 0 aromatic carbocycles. The molecule has 0 bridgehead atoms. The molecule has 0 aliphatic rings. The van der Waals surface area contributed by atoms with Crippen LogP contribution in [0, 0.1) is 0 Å². The predicted molar refractivity (Wildman–Crippen MR) is 73.3 cm³/mol. The van der Waals surface area contributed by atoms with Crippen molar-refractivity contribution in [3.05, 3.63) is 18.7 Å². The summed E-state index contributed by atoms with van der Waals surface area (Å²) in [5, 5.41) is 3.18. The molecule has 1 aromatic rings. The summed E-state index contributed by atoms with van der Waals surface area (Å²) in [5.41, 5.74) is 0. The summed E-state index contributed by atoms with van der Waals surface area (Å²) in [4.78, 5) is 3.98. The summed E-state index contributed by atoms with van der Waals surface area (Å²) in [7, 11) is -2.83. The molecule has 0 amide bonds. The van der Waals surface area contributed by atoms with E-state index in [1.807, 2.05) is 24.0 Å². The largest absolute Gasteiger partial charge is 0.337 e. The Labute approximate surface area is 110 Å². The van der Waals surface area contributed by atoms with Gasteiger partial charge in [0.05, 0.1) is 12.1 Å². The van der Waals surface area contributed by atoms with E-state index in [2.05, 4.69) is 10.3 Å². The van der Waals surface area contributed by atoms with Crippen LogP contribution < -0.4 is 5.32 Å². The summed E-state index contributed by atoms with van der Waals surface area (Å²) >= 11 is 0. The third-order valence-electron chi connectivity index (χ3n) is 2.68. The van der Waals surface area contributed by atoms with Crippen LogP contribution in [0.15, 0.2) is 18.7 Å². The van der Waals surface area contributed by atoms with E-state index in [1.54, 1.807) is 6.20 Å². The monoisotopic (exact) mass is 273 g/mol. The van der Waals surface area contributed by atoms with Crippen LogP contribution in [0.25, 0.3) is 0 Å². The van der Waals surface area contributed by atoms with Crippen LogP contribution in [0.2, 0.25) is 0 Å². The Morgan fingerprint density at radius 1 is 1.22 bits per heavy atom. The number of aromatic nitrogens is 2. The van der Waals surface area contributed by atoms with Gasteiger partial charge in [-0.05, 0) is 25.8 Å². The first-order valence-electron chi connectivity index (χ1n) is 6.51. The van der Waals surface area contributed by atoms with E-state index in [0.717, 1.165) is 25.9 Å². The number of unbranched alkanes of at least 4 members (excludes halogenated alkanes) is 1. The normalized spacial score (nSPS) is 11.8. The van der Waals surface area contributed by atoms with E-state index in [9.17, 15) is 8.42 Å². The Balaban J connectivity index is 1.96. The standard InChI is InChI=1S/C12H23N3O2S/c1-2-10-18(16,17)11-7-13-5-3-4-8-15-9-6-14-12-15/h6,9,12-13H,2-5,7-8,10-11H2,1H3. The molecule has 5 nitrogen and oxygen atoms in total. The van der Waals surface area contributed by atoms with Crippen molar-refractivity contribution >= 4 is 9.84 Å². The fraction of sp³-hybridized carbons (Fsp3) is 0.750. The lowest BCUT2D eigenvalue weighted by atomic mass is 10.3. The zero-order valence-corrected chi connectivity index (χ0v) is 11.8. The predicted octanol–water partition coefficient (Wildman–Crippen LogP) is 1.08. The maximum Gasteiger partial charge on any atom is 0.151 e. The van der Waals surface area contributed by atoms with Gasteiger partial charge in [-0.15, -0.1) is 0 Å². The van der Waals surface area contributed by atoms with E-state index in [0.29, 0.717) is 18.7 Å². The number of nitrogens with one attached hydrogen (secondary N) is 1. The van der Waals surface area contributed by atoms with Gasteiger partial charge in [0.1, 0.15) is 0 Å². The van der Waals surface area contributed by atoms with Gasteiger partial charge in [-0.2, -0.15) is 0 Å². The maximum atomic E-state index is 11.4. The highest BCUT2D eigenvalue weighted by Gasteiger charge is 2.07. The molecule has 0 fully saturated rings. The molecule has 0 radical (unpaired) electrons. The van der Waals surface area contributed by atoms with E-state index in [-0.39, 0.29) is 5.75 Å². The number of imidazole rings is 1. The van der Waals surface area contributed by atoms with E-state index in [4.69, 9.17) is 0 Å². The van der Waals surface area contributed by atoms with Gasteiger partial charge in [-0.1, -0.05) is 6.92 Å². The van der Waals surface area contributed by atoms with Gasteiger partial charge in [0.2, 0.25) is 0 Å². The van der Waals surface area contributed by atoms with E-state index >= 15 is 0 Å². The molecular weight excluding hydrogens is 250 g/mol. The molecule has 0 atom stereocenters. The quantitative estimate of drug-likeness (QED) is 0.648. The summed E-state index contributed by atoms with van der Waals surface area (Å²) < 4.78 is 24.9. The average Bonchev–Trinajstić information content (AvgIpc) is 2.80. The van der Waals surface area contributed by atoms with Crippen molar-refractivity contribution in [2.24, 2.45) is 0 Å². The fourth-order valence-electron chi connectivity index (χ4n) is 1.73. The molecule has 0 spiro atoms. The molecular formula is C12H23N3O2S. The highest BCUT2D eigenvalue weighted by molar-refractivity contribution is 7.91. The molecule has 1 N–H and O–H groups in total. The molecule has 104 valence electrons. The Morgan fingerprint density at radius 2 is 2.06 bits per heavy atom. The lowest BCUT2D eigenvalue weighted by molar-refractivity contribution is 0.568. The summed E-state index contributed by atoms with van der Waals surface area (Å²) in [6.07, 6.45) is 8.36. The SMILES string of the molecule is CCCS(=O)(=O)CCNCCCCn1ccnc1. The third-order valence-corrected chi connectivity index (χ3v) is 4.54. The van der Waals surface area contributed by atoms with Crippen molar-refractivity contribution in [1.82, 2.24) is 14.9 Å². The van der Waals surface area contributed by atoms with E-state index < -0.39 is 9.84 Å². The van der Waals surface area contributed by atoms with Gasteiger partial charge in [-0.3, -0.25) is 0 Å². The summed E-state index contributed by atoms with van der Waals surface area (Å²) in [6.45, 7) is 4.29. The number of hydrogen-bond donors (Lipinski definition) is 1. The fourth-order valence-corrected chi connectivity index (χ4v) is 3.01. The molecule has 0 saturated carbocycles. The van der Waals surface area contributed by atoms with Gasteiger partial charge in [0.25, 0.3) is 0 Å². The minimum atomic E-state index is -2.83.